The van der Waals surface area contributed by atoms with E-state index < -0.39 is 23.7 Å². The normalized spacial score (nSPS) is 37.0. The van der Waals surface area contributed by atoms with Gasteiger partial charge in [-0.1, -0.05) is 6.92 Å². The van der Waals surface area contributed by atoms with E-state index in [2.05, 4.69) is 5.32 Å². The molecule has 2 aliphatic rings. The van der Waals surface area contributed by atoms with Crippen molar-refractivity contribution >= 4 is 17.6 Å². The van der Waals surface area contributed by atoms with Crippen molar-refractivity contribution in [1.29, 1.82) is 0 Å². The number of carbonyl (C=O) groups is 3. The second-order valence-corrected chi connectivity index (χ2v) is 5.50. The fourth-order valence-corrected chi connectivity index (χ4v) is 3.00. The third kappa shape index (κ3) is 1.76. The first-order valence-corrected chi connectivity index (χ1v) is 6.29. The Hall–Kier alpha value is -1.47. The van der Waals surface area contributed by atoms with Gasteiger partial charge in [-0.25, -0.2) is 0 Å². The van der Waals surface area contributed by atoms with Gasteiger partial charge in [-0.3, -0.25) is 14.4 Å². The maximum absolute atomic E-state index is 12.3. The number of nitrogens with zero attached hydrogens (tertiary/aromatic N) is 1. The van der Waals surface area contributed by atoms with E-state index in [0.29, 0.717) is 0 Å². The zero-order valence-corrected chi connectivity index (χ0v) is 11.2. The minimum atomic E-state index is -1.00. The number of aliphatic hydroxyl groups is 1. The van der Waals surface area contributed by atoms with Gasteiger partial charge < -0.3 is 21.1 Å². The lowest BCUT2D eigenvalue weighted by molar-refractivity contribution is -0.166. The van der Waals surface area contributed by atoms with E-state index in [1.807, 2.05) is 0 Å². The molecule has 2 heterocycles. The Bertz CT molecular complexity index is 450. The van der Waals surface area contributed by atoms with E-state index in [1.54, 1.807) is 6.92 Å². The highest BCUT2D eigenvalue weighted by atomic mass is 16.3. The molecule has 0 bridgehead atoms. The summed E-state index contributed by atoms with van der Waals surface area (Å²) in [6.45, 7) is 4.75. The number of carbonyl (C=O) groups excluding carboxylic acids is 3. The van der Waals surface area contributed by atoms with Gasteiger partial charge in [0.25, 0.3) is 5.91 Å². The van der Waals surface area contributed by atoms with Crippen LogP contribution in [0.2, 0.25) is 0 Å². The molecule has 5 atom stereocenters. The Morgan fingerprint density at radius 2 is 2.16 bits per heavy atom. The number of Topliss-reactive ketones (excluding diaryl/α,β-unsaturated/α-hetero) is 1. The number of ketones is 1. The van der Waals surface area contributed by atoms with Crippen LogP contribution < -0.4 is 11.1 Å². The smallest absolute Gasteiger partial charge is 0.251 e. The van der Waals surface area contributed by atoms with Crippen molar-refractivity contribution in [2.24, 2.45) is 11.7 Å². The summed E-state index contributed by atoms with van der Waals surface area (Å²) >= 11 is 0. The van der Waals surface area contributed by atoms with E-state index in [9.17, 15) is 19.5 Å². The van der Waals surface area contributed by atoms with Gasteiger partial charge >= 0.3 is 0 Å². The molecule has 1 spiro atoms. The van der Waals surface area contributed by atoms with Crippen LogP contribution in [0.15, 0.2) is 0 Å². The van der Waals surface area contributed by atoms with Crippen LogP contribution in [0.25, 0.3) is 0 Å². The summed E-state index contributed by atoms with van der Waals surface area (Å²) in [6.07, 6.45) is -0.945. The Morgan fingerprint density at radius 1 is 1.58 bits per heavy atom. The molecule has 0 aromatic carbocycles. The summed E-state index contributed by atoms with van der Waals surface area (Å²) in [5, 5.41) is 12.2. The standard InChI is InChI=1S/C12H19N3O4/c1-5-8(13)10(18)14-12(5)4-15(11(12)19)9(6(2)16)7(3)17/h5-6,8-9,16H,4,13H2,1-3H3,(H,14,18)/t5?,6-,8?,9+,12?/m1/s1. The van der Waals surface area contributed by atoms with E-state index in [1.165, 1.54) is 18.7 Å². The molecule has 19 heavy (non-hydrogen) atoms. The minimum Gasteiger partial charge on any atom is -0.391 e. The van der Waals surface area contributed by atoms with Crippen molar-refractivity contribution in [3.8, 4) is 0 Å². The van der Waals surface area contributed by atoms with Crippen LogP contribution >= 0.6 is 0 Å². The molecule has 0 saturated carbocycles. The van der Waals surface area contributed by atoms with Crippen LogP contribution in [0.1, 0.15) is 20.8 Å². The maximum Gasteiger partial charge on any atom is 0.251 e. The van der Waals surface area contributed by atoms with Gasteiger partial charge in [-0.05, 0) is 13.8 Å². The first-order valence-electron chi connectivity index (χ1n) is 6.29. The SMILES string of the molecule is CC(=O)[C@H]([C@@H](C)O)N1CC2(NC(=O)C(N)C2C)C1=O. The van der Waals surface area contributed by atoms with Crippen molar-refractivity contribution in [2.75, 3.05) is 6.54 Å². The Labute approximate surface area is 111 Å². The van der Waals surface area contributed by atoms with Crippen LogP contribution in [0.3, 0.4) is 0 Å². The predicted molar refractivity (Wildman–Crippen MR) is 65.9 cm³/mol. The van der Waals surface area contributed by atoms with Crippen LogP contribution in [-0.2, 0) is 14.4 Å². The molecular formula is C12H19N3O4. The zero-order valence-electron chi connectivity index (χ0n) is 11.2. The number of rotatable bonds is 3. The van der Waals surface area contributed by atoms with Gasteiger partial charge in [0.1, 0.15) is 11.6 Å². The number of hydrogen-bond donors (Lipinski definition) is 3. The molecule has 0 aliphatic carbocycles. The number of likely N-dealkylation sites (tertiary alicyclic amines) is 1. The lowest BCUT2D eigenvalue weighted by atomic mass is 9.76. The molecule has 2 rings (SSSR count). The second kappa shape index (κ2) is 4.28. The summed E-state index contributed by atoms with van der Waals surface area (Å²) < 4.78 is 0. The largest absolute Gasteiger partial charge is 0.391 e. The fraction of sp³-hybridized carbons (Fsp3) is 0.750. The molecule has 0 aromatic rings. The maximum atomic E-state index is 12.3. The third-order valence-electron chi connectivity index (χ3n) is 4.24. The van der Waals surface area contributed by atoms with E-state index in [0.717, 1.165) is 0 Å². The second-order valence-electron chi connectivity index (χ2n) is 5.50. The molecule has 2 fully saturated rings. The Kier molecular flexibility index (Phi) is 3.14. The summed E-state index contributed by atoms with van der Waals surface area (Å²) in [5.41, 5.74) is 4.71. The van der Waals surface area contributed by atoms with Gasteiger partial charge in [0, 0.05) is 5.92 Å². The number of aliphatic hydroxyl groups excluding tert-OH is 1. The zero-order chi connectivity index (χ0) is 14.5. The van der Waals surface area contributed by atoms with Crippen LogP contribution in [0.5, 0.6) is 0 Å². The Morgan fingerprint density at radius 3 is 2.47 bits per heavy atom. The van der Waals surface area contributed by atoms with Crippen molar-refractivity contribution in [2.45, 2.75) is 44.5 Å². The van der Waals surface area contributed by atoms with Gasteiger partial charge in [0.05, 0.1) is 18.7 Å². The molecule has 0 aromatic heterocycles. The average molecular weight is 269 g/mol. The molecule has 7 heteroatoms. The average Bonchev–Trinajstić information content (AvgIpc) is 2.54. The number of nitrogens with two attached hydrogens (primary N) is 1. The molecule has 106 valence electrons. The van der Waals surface area contributed by atoms with Crippen molar-refractivity contribution in [3.05, 3.63) is 0 Å². The third-order valence-corrected chi connectivity index (χ3v) is 4.24. The van der Waals surface area contributed by atoms with Crippen LogP contribution in [-0.4, -0.2) is 57.9 Å². The van der Waals surface area contributed by atoms with Gasteiger partial charge in [-0.15, -0.1) is 0 Å². The van der Waals surface area contributed by atoms with Gasteiger partial charge in [0.2, 0.25) is 5.91 Å². The highest BCUT2D eigenvalue weighted by molar-refractivity contribution is 6.04. The predicted octanol–water partition coefficient (Wildman–Crippen LogP) is -2.00. The van der Waals surface area contributed by atoms with E-state index in [4.69, 9.17) is 5.73 Å². The number of hydrogen-bond acceptors (Lipinski definition) is 5. The highest BCUT2D eigenvalue weighted by Gasteiger charge is 2.64. The first kappa shape index (κ1) is 14.0. The lowest BCUT2D eigenvalue weighted by Gasteiger charge is -2.52. The summed E-state index contributed by atoms with van der Waals surface area (Å²) in [4.78, 5) is 36.7. The van der Waals surface area contributed by atoms with Crippen LogP contribution in [0, 0.1) is 5.92 Å². The summed E-state index contributed by atoms with van der Waals surface area (Å²) in [6, 6.07) is -1.58. The molecule has 7 nitrogen and oxygen atoms in total. The molecule has 3 unspecified atom stereocenters. The van der Waals surface area contributed by atoms with Gasteiger partial charge in [0.15, 0.2) is 5.78 Å². The number of β-lactam (4-membered cyclic amide) rings is 1. The molecule has 0 radical (unpaired) electrons. The Balaban J connectivity index is 2.20. The van der Waals surface area contributed by atoms with Crippen molar-refractivity contribution in [3.63, 3.8) is 0 Å². The van der Waals surface area contributed by atoms with Crippen LogP contribution in [0.4, 0.5) is 0 Å². The molecular weight excluding hydrogens is 250 g/mol. The van der Waals surface area contributed by atoms with Crippen molar-refractivity contribution < 1.29 is 19.5 Å². The topological polar surface area (TPSA) is 113 Å². The lowest BCUT2D eigenvalue weighted by Crippen LogP contribution is -2.77. The number of amides is 2. The van der Waals surface area contributed by atoms with Gasteiger partial charge in [-0.2, -0.15) is 0 Å². The first-order chi connectivity index (χ1) is 8.72. The fourth-order valence-electron chi connectivity index (χ4n) is 3.00. The quantitative estimate of drug-likeness (QED) is 0.513. The molecule has 2 saturated heterocycles. The number of nitrogens with one attached hydrogen (secondary N) is 1. The highest BCUT2D eigenvalue weighted by Crippen LogP contribution is 2.38. The van der Waals surface area contributed by atoms with E-state index >= 15 is 0 Å². The summed E-state index contributed by atoms with van der Waals surface area (Å²) in [5.74, 6) is -1.30. The molecule has 2 amide bonds. The monoisotopic (exact) mass is 269 g/mol. The minimum absolute atomic E-state index is 0.210. The van der Waals surface area contributed by atoms with E-state index in [-0.39, 0.29) is 30.1 Å². The molecule has 2 aliphatic heterocycles. The van der Waals surface area contributed by atoms with Crippen molar-refractivity contribution in [1.82, 2.24) is 10.2 Å². The summed E-state index contributed by atoms with van der Waals surface area (Å²) in [7, 11) is 0. The molecule has 4 N–H and O–H groups in total.